The summed E-state index contributed by atoms with van der Waals surface area (Å²) in [7, 11) is 0. The number of para-hydroxylation sites is 1. The first-order valence-corrected chi connectivity index (χ1v) is 8.58. The summed E-state index contributed by atoms with van der Waals surface area (Å²) < 4.78 is 0. The second-order valence-corrected chi connectivity index (χ2v) is 6.73. The lowest BCUT2D eigenvalue weighted by Crippen LogP contribution is -2.47. The van der Waals surface area contributed by atoms with Crippen molar-refractivity contribution in [1.29, 1.82) is 0 Å². The normalized spacial score (nSPS) is 24.5. The summed E-state index contributed by atoms with van der Waals surface area (Å²) in [5.41, 5.74) is 7.27. The molecule has 0 aromatic heterocycles. The lowest BCUT2D eigenvalue weighted by molar-refractivity contribution is -0.127. The number of nitrogens with two attached hydrogens (primary N) is 1. The molecule has 1 heterocycles. The number of amides is 1. The number of hydrogen-bond acceptors (Lipinski definition) is 3. The van der Waals surface area contributed by atoms with Crippen molar-refractivity contribution in [3.8, 4) is 0 Å². The molecular weight excluding hydrogens is 345 g/mol. The lowest BCUT2D eigenvalue weighted by Gasteiger charge is -2.35. The van der Waals surface area contributed by atoms with Crippen molar-refractivity contribution >= 4 is 36.4 Å². The number of rotatable bonds is 3. The number of piperidine rings is 1. The van der Waals surface area contributed by atoms with Crippen LogP contribution in [-0.2, 0) is 4.79 Å². The van der Waals surface area contributed by atoms with Gasteiger partial charge in [-0.15, -0.1) is 24.8 Å². The summed E-state index contributed by atoms with van der Waals surface area (Å²) in [6.45, 7) is 2.03. The standard InChI is InChI=1S/C18H27N3O.2ClH/c19-15-6-4-5-14(13-15)18(22)20-16-9-11-21(12-10-16)17-7-2-1-3-8-17;;/h1-3,7-8,14-16H,4-6,9-13,19H2,(H,20,22);2*1H. The van der Waals surface area contributed by atoms with Crippen LogP contribution in [0.15, 0.2) is 30.3 Å². The number of nitrogens with zero attached hydrogens (tertiary/aromatic N) is 1. The molecule has 0 bridgehead atoms. The van der Waals surface area contributed by atoms with E-state index in [-0.39, 0.29) is 42.7 Å². The van der Waals surface area contributed by atoms with Gasteiger partial charge in [-0.25, -0.2) is 0 Å². The second kappa shape index (κ2) is 10.1. The molecular formula is C18H29Cl2N3O. The van der Waals surface area contributed by atoms with Gasteiger partial charge in [0.25, 0.3) is 0 Å². The molecule has 0 spiro atoms. The molecule has 1 aliphatic carbocycles. The quantitative estimate of drug-likeness (QED) is 0.855. The topological polar surface area (TPSA) is 58.4 Å². The van der Waals surface area contributed by atoms with Gasteiger partial charge >= 0.3 is 0 Å². The predicted octanol–water partition coefficient (Wildman–Crippen LogP) is 3.13. The Bertz CT molecular complexity index is 492. The largest absolute Gasteiger partial charge is 0.371 e. The molecule has 4 nitrogen and oxygen atoms in total. The van der Waals surface area contributed by atoms with Crippen LogP contribution >= 0.6 is 24.8 Å². The summed E-state index contributed by atoms with van der Waals surface area (Å²) >= 11 is 0. The number of halogens is 2. The molecule has 1 saturated heterocycles. The Labute approximate surface area is 157 Å². The molecule has 0 radical (unpaired) electrons. The Morgan fingerprint density at radius 3 is 2.33 bits per heavy atom. The molecule has 1 saturated carbocycles. The van der Waals surface area contributed by atoms with Crippen LogP contribution in [0.1, 0.15) is 38.5 Å². The fourth-order valence-corrected chi connectivity index (χ4v) is 3.71. The van der Waals surface area contributed by atoms with Crippen molar-refractivity contribution in [1.82, 2.24) is 5.32 Å². The summed E-state index contributed by atoms with van der Waals surface area (Å²) in [5, 5.41) is 3.26. The third-order valence-corrected chi connectivity index (χ3v) is 5.05. The minimum atomic E-state index is 0. The Morgan fingerprint density at radius 1 is 1.04 bits per heavy atom. The number of carbonyl (C=O) groups excluding carboxylic acids is 1. The minimum absolute atomic E-state index is 0. The van der Waals surface area contributed by atoms with Gasteiger partial charge in [-0.1, -0.05) is 24.6 Å². The SMILES string of the molecule is Cl.Cl.NC1CCCC(C(=O)NC2CCN(c3ccccc3)CC2)C1. The molecule has 24 heavy (non-hydrogen) atoms. The van der Waals surface area contributed by atoms with Crippen molar-refractivity contribution in [2.24, 2.45) is 11.7 Å². The monoisotopic (exact) mass is 373 g/mol. The molecule has 2 unspecified atom stereocenters. The smallest absolute Gasteiger partial charge is 0.223 e. The fraction of sp³-hybridized carbons (Fsp3) is 0.611. The van der Waals surface area contributed by atoms with E-state index in [2.05, 4.69) is 34.5 Å². The van der Waals surface area contributed by atoms with Gasteiger partial charge in [0.15, 0.2) is 0 Å². The highest BCUT2D eigenvalue weighted by Gasteiger charge is 2.28. The molecule has 2 fully saturated rings. The van der Waals surface area contributed by atoms with E-state index >= 15 is 0 Å². The van der Waals surface area contributed by atoms with Gasteiger partial charge in [0.1, 0.15) is 0 Å². The van der Waals surface area contributed by atoms with Crippen LogP contribution in [0.25, 0.3) is 0 Å². The van der Waals surface area contributed by atoms with Crippen LogP contribution in [0.3, 0.4) is 0 Å². The lowest BCUT2D eigenvalue weighted by atomic mass is 9.85. The summed E-state index contributed by atoms with van der Waals surface area (Å²) in [6, 6.07) is 11.1. The summed E-state index contributed by atoms with van der Waals surface area (Å²) in [4.78, 5) is 14.8. The first kappa shape index (κ1) is 21.1. The van der Waals surface area contributed by atoms with Crippen LogP contribution in [0.5, 0.6) is 0 Å². The van der Waals surface area contributed by atoms with E-state index in [1.54, 1.807) is 0 Å². The molecule has 1 aromatic carbocycles. The molecule has 6 heteroatoms. The predicted molar refractivity (Wildman–Crippen MR) is 104 cm³/mol. The van der Waals surface area contributed by atoms with Gasteiger partial charge < -0.3 is 16.0 Å². The highest BCUT2D eigenvalue weighted by atomic mass is 35.5. The minimum Gasteiger partial charge on any atom is -0.371 e. The first-order valence-electron chi connectivity index (χ1n) is 8.58. The van der Waals surface area contributed by atoms with Gasteiger partial charge in [-0.3, -0.25) is 4.79 Å². The third-order valence-electron chi connectivity index (χ3n) is 5.05. The highest BCUT2D eigenvalue weighted by Crippen LogP contribution is 2.24. The summed E-state index contributed by atoms with van der Waals surface area (Å²) in [5.74, 6) is 0.365. The van der Waals surface area contributed by atoms with E-state index in [4.69, 9.17) is 5.73 Å². The van der Waals surface area contributed by atoms with Crippen molar-refractivity contribution < 1.29 is 4.79 Å². The van der Waals surface area contributed by atoms with Crippen LogP contribution in [0, 0.1) is 5.92 Å². The highest BCUT2D eigenvalue weighted by molar-refractivity contribution is 5.85. The number of anilines is 1. The molecule has 1 aliphatic heterocycles. The van der Waals surface area contributed by atoms with E-state index in [1.807, 2.05) is 6.07 Å². The van der Waals surface area contributed by atoms with E-state index in [1.165, 1.54) is 5.69 Å². The van der Waals surface area contributed by atoms with Gasteiger partial charge in [-0.05, 0) is 44.2 Å². The average molecular weight is 374 g/mol. The van der Waals surface area contributed by atoms with Crippen LogP contribution < -0.4 is 16.0 Å². The van der Waals surface area contributed by atoms with Crippen molar-refractivity contribution in [3.05, 3.63) is 30.3 Å². The van der Waals surface area contributed by atoms with Gasteiger partial charge in [0, 0.05) is 36.8 Å². The second-order valence-electron chi connectivity index (χ2n) is 6.73. The molecule has 1 amide bonds. The number of carbonyl (C=O) groups is 1. The molecule has 3 N–H and O–H groups in total. The van der Waals surface area contributed by atoms with Gasteiger partial charge in [-0.2, -0.15) is 0 Å². The average Bonchev–Trinajstić information content (AvgIpc) is 2.56. The molecule has 136 valence electrons. The van der Waals surface area contributed by atoms with Crippen LogP contribution in [-0.4, -0.2) is 31.1 Å². The van der Waals surface area contributed by atoms with Gasteiger partial charge in [0.2, 0.25) is 5.91 Å². The maximum absolute atomic E-state index is 12.4. The Balaban J connectivity index is 0.00000144. The van der Waals surface area contributed by atoms with E-state index in [0.717, 1.165) is 51.6 Å². The molecule has 3 rings (SSSR count). The maximum atomic E-state index is 12.4. The zero-order valence-electron chi connectivity index (χ0n) is 14.0. The zero-order valence-corrected chi connectivity index (χ0v) is 15.7. The maximum Gasteiger partial charge on any atom is 0.223 e. The zero-order chi connectivity index (χ0) is 15.4. The number of benzene rings is 1. The van der Waals surface area contributed by atoms with Crippen LogP contribution in [0.4, 0.5) is 5.69 Å². The molecule has 2 atom stereocenters. The van der Waals surface area contributed by atoms with Crippen molar-refractivity contribution in [2.45, 2.75) is 50.6 Å². The summed E-state index contributed by atoms with van der Waals surface area (Å²) in [6.07, 6.45) is 6.07. The molecule has 1 aromatic rings. The Morgan fingerprint density at radius 2 is 1.71 bits per heavy atom. The van der Waals surface area contributed by atoms with Crippen molar-refractivity contribution in [3.63, 3.8) is 0 Å². The van der Waals surface area contributed by atoms with E-state index < -0.39 is 0 Å². The fourth-order valence-electron chi connectivity index (χ4n) is 3.71. The third kappa shape index (κ3) is 5.54. The Kier molecular flexibility index (Phi) is 8.88. The molecule has 2 aliphatic rings. The Hall–Kier alpha value is -0.970. The van der Waals surface area contributed by atoms with E-state index in [0.29, 0.717) is 6.04 Å². The number of nitrogens with one attached hydrogen (secondary N) is 1. The first-order chi connectivity index (χ1) is 10.7. The van der Waals surface area contributed by atoms with E-state index in [9.17, 15) is 4.79 Å². The van der Waals surface area contributed by atoms with Crippen molar-refractivity contribution in [2.75, 3.05) is 18.0 Å². The van der Waals surface area contributed by atoms with Gasteiger partial charge in [0.05, 0.1) is 0 Å². The number of hydrogen-bond donors (Lipinski definition) is 2. The van der Waals surface area contributed by atoms with Crippen LogP contribution in [0.2, 0.25) is 0 Å².